The van der Waals surface area contributed by atoms with Crippen LogP contribution in [-0.2, 0) is 16.8 Å². The van der Waals surface area contributed by atoms with Crippen LogP contribution in [0.2, 0.25) is 0 Å². The number of halogens is 3. The maximum Gasteiger partial charge on any atom is 0.255 e. The molecular formula is C12H17ClF2N2OS. The molecule has 0 N–H and O–H groups in total. The van der Waals surface area contributed by atoms with Gasteiger partial charge in [-0.3, -0.25) is 4.79 Å². The van der Waals surface area contributed by atoms with Gasteiger partial charge in [-0.15, -0.1) is 22.9 Å². The fraction of sp³-hybridized carbons (Fsp3) is 0.667. The van der Waals surface area contributed by atoms with Gasteiger partial charge in [-0.1, -0.05) is 20.8 Å². The fourth-order valence-electron chi connectivity index (χ4n) is 1.42. The van der Waals surface area contributed by atoms with Crippen molar-refractivity contribution in [3.63, 3.8) is 0 Å². The van der Waals surface area contributed by atoms with Gasteiger partial charge in [0.15, 0.2) is 0 Å². The molecule has 0 bridgehead atoms. The van der Waals surface area contributed by atoms with Gasteiger partial charge in [-0.05, 0) is 0 Å². The van der Waals surface area contributed by atoms with Crippen LogP contribution in [0.3, 0.4) is 0 Å². The smallest absolute Gasteiger partial charge is 0.255 e. The summed E-state index contributed by atoms with van der Waals surface area (Å²) in [7, 11) is 0. The van der Waals surface area contributed by atoms with Gasteiger partial charge in [0.25, 0.3) is 6.43 Å². The maximum absolute atomic E-state index is 12.4. The van der Waals surface area contributed by atoms with Gasteiger partial charge in [-0.25, -0.2) is 13.8 Å². The molecule has 0 radical (unpaired) electrons. The second-order valence-electron chi connectivity index (χ2n) is 5.18. The van der Waals surface area contributed by atoms with Gasteiger partial charge < -0.3 is 4.90 Å². The van der Waals surface area contributed by atoms with E-state index in [1.165, 1.54) is 11.3 Å². The summed E-state index contributed by atoms with van der Waals surface area (Å²) < 4.78 is 24.9. The minimum Gasteiger partial charge on any atom is -0.331 e. The van der Waals surface area contributed by atoms with E-state index in [0.29, 0.717) is 0 Å². The number of alkyl halides is 3. The van der Waals surface area contributed by atoms with Crippen molar-refractivity contribution < 1.29 is 13.6 Å². The second-order valence-corrected chi connectivity index (χ2v) is 6.56. The van der Waals surface area contributed by atoms with Crippen molar-refractivity contribution in [1.29, 1.82) is 0 Å². The Balaban J connectivity index is 2.79. The highest BCUT2D eigenvalue weighted by atomic mass is 35.5. The summed E-state index contributed by atoms with van der Waals surface area (Å²) in [5, 5.41) is 0.915. The number of hydrogen-bond acceptors (Lipinski definition) is 3. The summed E-state index contributed by atoms with van der Waals surface area (Å²) in [6.07, 6.45) is -0.937. The molecule has 1 amide bonds. The number of aromatic nitrogens is 1. The van der Waals surface area contributed by atoms with Crippen molar-refractivity contribution in [3.8, 4) is 0 Å². The predicted molar refractivity (Wildman–Crippen MR) is 73.0 cm³/mol. The Morgan fingerprint density at radius 2 is 2.16 bits per heavy atom. The SMILES string of the molecule is CC(C)(C)c1ncc(CN(CC(F)F)C(=O)CCl)s1. The highest BCUT2D eigenvalue weighted by Crippen LogP contribution is 2.27. The molecular weight excluding hydrogens is 294 g/mol. The highest BCUT2D eigenvalue weighted by molar-refractivity contribution is 7.11. The van der Waals surface area contributed by atoms with Crippen molar-refractivity contribution in [2.24, 2.45) is 0 Å². The first-order valence-electron chi connectivity index (χ1n) is 5.81. The number of carbonyl (C=O) groups excluding carboxylic acids is 1. The summed E-state index contributed by atoms with van der Waals surface area (Å²) in [4.78, 5) is 17.6. The Kier molecular flexibility index (Phi) is 5.67. The summed E-state index contributed by atoms with van der Waals surface area (Å²) in [6.45, 7) is 5.60. The molecule has 0 saturated carbocycles. The van der Waals surface area contributed by atoms with Crippen molar-refractivity contribution in [1.82, 2.24) is 9.88 Å². The molecule has 0 atom stereocenters. The number of amides is 1. The lowest BCUT2D eigenvalue weighted by molar-refractivity contribution is -0.131. The van der Waals surface area contributed by atoms with E-state index >= 15 is 0 Å². The van der Waals surface area contributed by atoms with Crippen LogP contribution in [0, 0.1) is 0 Å². The molecule has 1 heterocycles. The Morgan fingerprint density at radius 1 is 1.53 bits per heavy atom. The van der Waals surface area contributed by atoms with Gasteiger partial charge in [0, 0.05) is 16.5 Å². The van der Waals surface area contributed by atoms with Gasteiger partial charge in [0.1, 0.15) is 5.88 Å². The first-order chi connectivity index (χ1) is 8.74. The van der Waals surface area contributed by atoms with E-state index in [1.54, 1.807) is 6.20 Å². The van der Waals surface area contributed by atoms with Gasteiger partial charge in [0.05, 0.1) is 18.1 Å². The molecule has 19 heavy (non-hydrogen) atoms. The molecule has 3 nitrogen and oxygen atoms in total. The second kappa shape index (κ2) is 6.61. The van der Waals surface area contributed by atoms with E-state index in [-0.39, 0.29) is 17.8 Å². The highest BCUT2D eigenvalue weighted by Gasteiger charge is 2.21. The van der Waals surface area contributed by atoms with E-state index in [4.69, 9.17) is 11.6 Å². The number of thiazole rings is 1. The normalized spacial score (nSPS) is 11.9. The van der Waals surface area contributed by atoms with Gasteiger partial charge in [0.2, 0.25) is 5.91 Å². The third kappa shape index (κ3) is 5.03. The topological polar surface area (TPSA) is 33.2 Å². The minimum atomic E-state index is -2.57. The van der Waals surface area contributed by atoms with Crippen LogP contribution in [0.5, 0.6) is 0 Å². The summed E-state index contributed by atoms with van der Waals surface area (Å²) in [6, 6.07) is 0. The van der Waals surface area contributed by atoms with Crippen LogP contribution in [-0.4, -0.2) is 34.6 Å². The number of rotatable bonds is 5. The van der Waals surface area contributed by atoms with Gasteiger partial charge in [-0.2, -0.15) is 0 Å². The summed E-state index contributed by atoms with van der Waals surface area (Å²) >= 11 is 6.86. The Hall–Kier alpha value is -0.750. The first kappa shape index (κ1) is 16.3. The first-order valence-corrected chi connectivity index (χ1v) is 7.16. The van der Waals surface area contributed by atoms with E-state index in [2.05, 4.69) is 4.98 Å². The number of hydrogen-bond donors (Lipinski definition) is 0. The fourth-order valence-corrected chi connectivity index (χ4v) is 2.58. The Labute approximate surface area is 120 Å². The van der Waals surface area contributed by atoms with Crippen LogP contribution >= 0.6 is 22.9 Å². The minimum absolute atomic E-state index is 0.0903. The van der Waals surface area contributed by atoms with Crippen molar-refractivity contribution in [2.45, 2.75) is 39.2 Å². The monoisotopic (exact) mass is 310 g/mol. The maximum atomic E-state index is 12.4. The lowest BCUT2D eigenvalue weighted by Gasteiger charge is -2.20. The molecule has 1 rings (SSSR count). The molecule has 0 unspecified atom stereocenters. The van der Waals surface area contributed by atoms with Crippen LogP contribution < -0.4 is 0 Å². The van der Waals surface area contributed by atoms with Crippen molar-refractivity contribution in [2.75, 3.05) is 12.4 Å². The molecule has 1 aromatic heterocycles. The predicted octanol–water partition coefficient (Wildman–Crippen LogP) is 3.27. The molecule has 0 aliphatic rings. The van der Waals surface area contributed by atoms with Crippen molar-refractivity contribution in [3.05, 3.63) is 16.1 Å². The van der Waals surface area contributed by atoms with E-state index < -0.39 is 18.9 Å². The number of nitrogens with zero attached hydrogens (tertiary/aromatic N) is 2. The molecule has 0 aliphatic carbocycles. The summed E-state index contributed by atoms with van der Waals surface area (Å²) in [5.74, 6) is -0.787. The summed E-state index contributed by atoms with van der Waals surface area (Å²) in [5.41, 5.74) is -0.0903. The third-order valence-electron chi connectivity index (χ3n) is 2.37. The largest absolute Gasteiger partial charge is 0.331 e. The molecule has 108 valence electrons. The molecule has 0 aromatic carbocycles. The zero-order chi connectivity index (χ0) is 14.6. The van der Waals surface area contributed by atoms with Crippen molar-refractivity contribution >= 4 is 28.8 Å². The Morgan fingerprint density at radius 3 is 2.58 bits per heavy atom. The molecule has 0 fully saturated rings. The van der Waals surface area contributed by atoms with Crippen LogP contribution in [0.15, 0.2) is 6.20 Å². The lowest BCUT2D eigenvalue weighted by Crippen LogP contribution is -2.35. The van der Waals surface area contributed by atoms with E-state index in [9.17, 15) is 13.6 Å². The van der Waals surface area contributed by atoms with Crippen LogP contribution in [0.4, 0.5) is 8.78 Å². The molecule has 0 spiro atoms. The zero-order valence-corrected chi connectivity index (χ0v) is 12.7. The average molecular weight is 311 g/mol. The zero-order valence-electron chi connectivity index (χ0n) is 11.1. The lowest BCUT2D eigenvalue weighted by atomic mass is 9.98. The molecule has 0 aliphatic heterocycles. The quantitative estimate of drug-likeness (QED) is 0.782. The van der Waals surface area contributed by atoms with E-state index in [0.717, 1.165) is 14.8 Å². The average Bonchev–Trinajstić information content (AvgIpc) is 2.74. The molecule has 0 saturated heterocycles. The standard InChI is InChI=1S/C12H17ClF2N2OS/c1-12(2,3)11-16-5-8(19-11)6-17(7-9(14)15)10(18)4-13/h5,9H,4,6-7H2,1-3H3. The third-order valence-corrected chi connectivity index (χ3v) is 4.00. The van der Waals surface area contributed by atoms with Crippen LogP contribution in [0.25, 0.3) is 0 Å². The van der Waals surface area contributed by atoms with E-state index in [1.807, 2.05) is 20.8 Å². The van der Waals surface area contributed by atoms with Gasteiger partial charge >= 0.3 is 0 Å². The molecule has 7 heteroatoms. The number of carbonyl (C=O) groups is 1. The Bertz CT molecular complexity index is 432. The molecule has 1 aromatic rings. The van der Waals surface area contributed by atoms with Crippen LogP contribution in [0.1, 0.15) is 30.7 Å².